The molecule has 0 radical (unpaired) electrons. The van der Waals surface area contributed by atoms with Crippen LogP contribution in [0.25, 0.3) is 0 Å². The molecular formula is C25H19N3O4. The van der Waals surface area contributed by atoms with E-state index in [4.69, 9.17) is 14.8 Å². The lowest BCUT2D eigenvalue weighted by atomic mass is 9.90. The van der Waals surface area contributed by atoms with Gasteiger partial charge in [-0.1, -0.05) is 36.4 Å². The van der Waals surface area contributed by atoms with Crippen molar-refractivity contribution in [3.63, 3.8) is 0 Å². The number of nitriles is 1. The van der Waals surface area contributed by atoms with Gasteiger partial charge in [-0.25, -0.2) is 9.96 Å². The zero-order valence-corrected chi connectivity index (χ0v) is 17.2. The molecule has 32 heavy (non-hydrogen) atoms. The van der Waals surface area contributed by atoms with Crippen LogP contribution in [0.3, 0.4) is 0 Å². The molecule has 2 fully saturated rings. The molecule has 3 aromatic rings. The van der Waals surface area contributed by atoms with Gasteiger partial charge in [0.2, 0.25) is 5.91 Å². The molecular weight excluding hydrogens is 406 g/mol. The summed E-state index contributed by atoms with van der Waals surface area (Å²) in [4.78, 5) is 34.2. The predicted molar refractivity (Wildman–Crippen MR) is 117 cm³/mol. The van der Waals surface area contributed by atoms with E-state index < -0.39 is 24.0 Å². The number of ether oxygens (including phenoxy) is 1. The monoisotopic (exact) mass is 425 g/mol. The lowest BCUT2D eigenvalue weighted by molar-refractivity contribution is -0.126. The van der Waals surface area contributed by atoms with Gasteiger partial charge in [-0.05, 0) is 42.0 Å². The summed E-state index contributed by atoms with van der Waals surface area (Å²) in [6, 6.07) is 24.8. The van der Waals surface area contributed by atoms with E-state index in [9.17, 15) is 9.59 Å². The van der Waals surface area contributed by atoms with Gasteiger partial charge in [-0.15, -0.1) is 0 Å². The zero-order chi connectivity index (χ0) is 22.2. The maximum atomic E-state index is 13.6. The van der Waals surface area contributed by atoms with Crippen molar-refractivity contribution < 1.29 is 19.2 Å². The number of amides is 2. The van der Waals surface area contributed by atoms with Crippen molar-refractivity contribution in [1.82, 2.24) is 0 Å². The Balaban J connectivity index is 1.58. The Morgan fingerprint density at radius 3 is 2.31 bits per heavy atom. The van der Waals surface area contributed by atoms with E-state index in [0.29, 0.717) is 17.0 Å². The summed E-state index contributed by atoms with van der Waals surface area (Å²) in [5.74, 6) is -0.927. The first-order chi connectivity index (χ1) is 15.6. The number of hydroxylamine groups is 1. The summed E-state index contributed by atoms with van der Waals surface area (Å²) in [6.07, 6.45) is -0.949. The molecule has 3 aromatic carbocycles. The fourth-order valence-electron chi connectivity index (χ4n) is 4.31. The second-order valence-corrected chi connectivity index (χ2v) is 7.61. The Kier molecular flexibility index (Phi) is 4.85. The zero-order valence-electron chi connectivity index (χ0n) is 17.2. The molecule has 0 aromatic heterocycles. The molecule has 0 aliphatic carbocycles. The van der Waals surface area contributed by atoms with Crippen molar-refractivity contribution in [1.29, 1.82) is 5.26 Å². The second kappa shape index (κ2) is 7.84. The van der Waals surface area contributed by atoms with Gasteiger partial charge < -0.3 is 4.74 Å². The topological polar surface area (TPSA) is 82.9 Å². The molecule has 0 N–H and O–H groups in total. The molecule has 7 heteroatoms. The van der Waals surface area contributed by atoms with E-state index in [-0.39, 0.29) is 5.91 Å². The van der Waals surface area contributed by atoms with Crippen LogP contribution in [-0.4, -0.2) is 25.0 Å². The number of anilines is 2. The fourth-order valence-corrected chi connectivity index (χ4v) is 4.31. The van der Waals surface area contributed by atoms with Gasteiger partial charge in [0.15, 0.2) is 6.10 Å². The van der Waals surface area contributed by atoms with Crippen molar-refractivity contribution >= 4 is 23.2 Å². The van der Waals surface area contributed by atoms with Crippen molar-refractivity contribution in [2.75, 3.05) is 17.1 Å². The summed E-state index contributed by atoms with van der Waals surface area (Å²) >= 11 is 0. The number of nitrogens with zero attached hydrogens (tertiary/aromatic N) is 3. The molecule has 3 atom stereocenters. The average Bonchev–Trinajstić information content (AvgIpc) is 3.35. The van der Waals surface area contributed by atoms with Gasteiger partial charge in [0.25, 0.3) is 5.91 Å². The Morgan fingerprint density at radius 1 is 0.906 bits per heavy atom. The predicted octanol–water partition coefficient (Wildman–Crippen LogP) is 3.62. The van der Waals surface area contributed by atoms with E-state index in [1.54, 1.807) is 53.6 Å². The van der Waals surface area contributed by atoms with E-state index in [0.717, 1.165) is 11.3 Å². The van der Waals surface area contributed by atoms with Crippen LogP contribution in [0.4, 0.5) is 11.4 Å². The van der Waals surface area contributed by atoms with Gasteiger partial charge in [0, 0.05) is 6.07 Å². The molecule has 158 valence electrons. The number of para-hydroxylation sites is 1. The third-order valence-electron chi connectivity index (χ3n) is 5.82. The SMILES string of the molecule is COc1cccc(N2C(=O)[C@@H]3[C@@H](c4ccc(C#N)cc4)N(c4ccccc4)O[C@H]3C2=O)c1. The normalized spacial score (nSPS) is 22.1. The van der Waals surface area contributed by atoms with Crippen LogP contribution in [0.2, 0.25) is 0 Å². The smallest absolute Gasteiger partial charge is 0.266 e. The van der Waals surface area contributed by atoms with Crippen molar-refractivity contribution in [2.24, 2.45) is 5.92 Å². The minimum absolute atomic E-state index is 0.332. The Bertz CT molecular complexity index is 1220. The molecule has 0 spiro atoms. The Hall–Kier alpha value is -4.15. The number of imide groups is 1. The lowest BCUT2D eigenvalue weighted by Gasteiger charge is -2.28. The van der Waals surface area contributed by atoms with Crippen LogP contribution in [-0.2, 0) is 14.4 Å². The number of hydrogen-bond donors (Lipinski definition) is 0. The Labute approximate surface area is 185 Å². The molecule has 0 bridgehead atoms. The quantitative estimate of drug-likeness (QED) is 0.594. The summed E-state index contributed by atoms with van der Waals surface area (Å²) in [5.41, 5.74) is 2.49. The van der Waals surface area contributed by atoms with E-state index >= 15 is 0 Å². The highest BCUT2D eigenvalue weighted by molar-refractivity contribution is 6.24. The van der Waals surface area contributed by atoms with Gasteiger partial charge >= 0.3 is 0 Å². The van der Waals surface area contributed by atoms with Crippen LogP contribution < -0.4 is 14.7 Å². The van der Waals surface area contributed by atoms with Crippen molar-refractivity contribution in [3.05, 3.63) is 90.0 Å². The maximum Gasteiger partial charge on any atom is 0.266 e. The lowest BCUT2D eigenvalue weighted by Crippen LogP contribution is -2.37. The summed E-state index contributed by atoms with van der Waals surface area (Å²) < 4.78 is 5.25. The third kappa shape index (κ3) is 3.09. The van der Waals surface area contributed by atoms with Crippen molar-refractivity contribution in [2.45, 2.75) is 12.1 Å². The minimum atomic E-state index is -0.949. The van der Waals surface area contributed by atoms with Crippen LogP contribution in [0, 0.1) is 17.2 Å². The summed E-state index contributed by atoms with van der Waals surface area (Å²) in [7, 11) is 1.53. The number of fused-ring (bicyclic) bond motifs is 1. The number of methoxy groups -OCH3 is 1. The molecule has 7 nitrogen and oxygen atoms in total. The number of rotatable bonds is 4. The molecule has 2 aliphatic rings. The van der Waals surface area contributed by atoms with Gasteiger partial charge in [0.05, 0.1) is 36.2 Å². The number of carbonyl (C=O) groups is 2. The first kappa shape index (κ1) is 19.8. The number of carbonyl (C=O) groups excluding carboxylic acids is 2. The molecule has 0 saturated carbocycles. The summed E-state index contributed by atoms with van der Waals surface area (Å²) in [5, 5.41) is 10.8. The highest BCUT2D eigenvalue weighted by Crippen LogP contribution is 2.47. The van der Waals surface area contributed by atoms with Gasteiger partial charge in [-0.2, -0.15) is 5.26 Å². The highest BCUT2D eigenvalue weighted by Gasteiger charge is 2.60. The number of hydrogen-bond acceptors (Lipinski definition) is 6. The average molecular weight is 425 g/mol. The van der Waals surface area contributed by atoms with Crippen molar-refractivity contribution in [3.8, 4) is 11.8 Å². The molecule has 0 unspecified atom stereocenters. The van der Waals surface area contributed by atoms with E-state index in [1.807, 2.05) is 30.3 Å². The van der Waals surface area contributed by atoms with E-state index in [2.05, 4.69) is 6.07 Å². The highest BCUT2D eigenvalue weighted by atomic mass is 16.7. The summed E-state index contributed by atoms with van der Waals surface area (Å²) in [6.45, 7) is 0. The third-order valence-corrected chi connectivity index (χ3v) is 5.82. The van der Waals surface area contributed by atoms with Crippen LogP contribution in [0.5, 0.6) is 5.75 Å². The molecule has 2 saturated heterocycles. The van der Waals surface area contributed by atoms with E-state index in [1.165, 1.54) is 12.0 Å². The first-order valence-electron chi connectivity index (χ1n) is 10.2. The molecule has 2 aliphatic heterocycles. The Morgan fingerprint density at radius 2 is 1.62 bits per heavy atom. The van der Waals surface area contributed by atoms with Gasteiger partial charge in [0.1, 0.15) is 11.7 Å². The maximum absolute atomic E-state index is 13.6. The second-order valence-electron chi connectivity index (χ2n) is 7.61. The first-order valence-corrected chi connectivity index (χ1v) is 10.2. The fraction of sp³-hybridized carbons (Fsp3) is 0.160. The minimum Gasteiger partial charge on any atom is -0.497 e. The largest absolute Gasteiger partial charge is 0.497 e. The molecule has 2 amide bonds. The molecule has 5 rings (SSSR count). The van der Waals surface area contributed by atoms with Crippen LogP contribution in [0.1, 0.15) is 17.2 Å². The van der Waals surface area contributed by atoms with Crippen LogP contribution in [0.15, 0.2) is 78.9 Å². The van der Waals surface area contributed by atoms with Gasteiger partial charge in [-0.3, -0.25) is 14.4 Å². The molecule has 2 heterocycles. The standard InChI is InChI=1S/C25H19N3O4/c1-31-20-9-5-8-19(14-20)27-24(29)21-22(17-12-10-16(15-26)11-13-17)28(32-23(21)25(27)30)18-6-3-2-4-7-18/h2-14,21-23H,1H3/t21-,22-,23-/m1/s1. The van der Waals surface area contributed by atoms with Crippen LogP contribution >= 0.6 is 0 Å². The number of benzene rings is 3.